The van der Waals surface area contributed by atoms with E-state index in [0.29, 0.717) is 16.6 Å². The second-order valence-corrected chi connectivity index (χ2v) is 5.31. The number of nitrogens with one attached hydrogen (secondary N) is 1. The van der Waals surface area contributed by atoms with E-state index in [-0.39, 0.29) is 0 Å². The number of likely N-dealkylation sites (N-methyl/N-ethyl adjacent to an activating group) is 1. The molecular formula is C14H18ClN3. The summed E-state index contributed by atoms with van der Waals surface area (Å²) in [6, 6.07) is 8.84. The molecule has 1 aliphatic carbocycles. The molecule has 0 bridgehead atoms. The average Bonchev–Trinajstić information content (AvgIpc) is 3.19. The molecule has 3 nitrogen and oxygen atoms in total. The Balaban J connectivity index is 1.97. The quantitative estimate of drug-likeness (QED) is 0.887. The van der Waals surface area contributed by atoms with Crippen LogP contribution in [0.5, 0.6) is 0 Å². The maximum Gasteiger partial charge on any atom is 0.103 e. The van der Waals surface area contributed by atoms with Crippen LogP contribution < -0.4 is 5.32 Å². The summed E-state index contributed by atoms with van der Waals surface area (Å²) in [4.78, 5) is 2.39. The molecule has 1 aromatic rings. The van der Waals surface area contributed by atoms with Crippen LogP contribution in [-0.4, -0.2) is 30.6 Å². The molecule has 18 heavy (non-hydrogen) atoms. The van der Waals surface area contributed by atoms with Gasteiger partial charge in [-0.1, -0.05) is 17.7 Å². The van der Waals surface area contributed by atoms with Gasteiger partial charge in [0, 0.05) is 18.6 Å². The molecule has 2 rings (SSSR count). The first-order chi connectivity index (χ1) is 8.63. The molecule has 96 valence electrons. The van der Waals surface area contributed by atoms with Crippen LogP contribution in [0.3, 0.4) is 0 Å². The van der Waals surface area contributed by atoms with E-state index in [1.54, 1.807) is 6.07 Å². The van der Waals surface area contributed by atoms with Crippen molar-refractivity contribution in [2.24, 2.45) is 0 Å². The minimum absolute atomic E-state index is 0.447. The largest absolute Gasteiger partial charge is 0.382 e. The summed E-state index contributed by atoms with van der Waals surface area (Å²) in [5.41, 5.74) is 1.35. The molecule has 1 unspecified atom stereocenters. The molecule has 0 heterocycles. The Morgan fingerprint density at radius 1 is 1.56 bits per heavy atom. The van der Waals surface area contributed by atoms with Crippen LogP contribution in [0.1, 0.15) is 25.3 Å². The Hall–Kier alpha value is -1.24. The summed E-state index contributed by atoms with van der Waals surface area (Å²) >= 11 is 5.99. The molecule has 4 heteroatoms. The van der Waals surface area contributed by atoms with E-state index in [0.717, 1.165) is 18.3 Å². The number of benzene rings is 1. The van der Waals surface area contributed by atoms with Crippen molar-refractivity contribution in [3.63, 3.8) is 0 Å². The van der Waals surface area contributed by atoms with Crippen LogP contribution in [0.15, 0.2) is 18.2 Å². The Bertz CT molecular complexity index is 463. The lowest BCUT2D eigenvalue weighted by Gasteiger charge is -2.25. The number of rotatable bonds is 5. The fourth-order valence-electron chi connectivity index (χ4n) is 2.03. The second kappa shape index (κ2) is 5.60. The third-order valence-corrected chi connectivity index (χ3v) is 3.85. The molecule has 0 aromatic heterocycles. The lowest BCUT2D eigenvalue weighted by atomic mass is 10.2. The van der Waals surface area contributed by atoms with Gasteiger partial charge in [-0.05, 0) is 38.9 Å². The van der Waals surface area contributed by atoms with Gasteiger partial charge in [0.1, 0.15) is 6.07 Å². The van der Waals surface area contributed by atoms with Crippen molar-refractivity contribution >= 4 is 17.3 Å². The standard InChI is InChI=1S/C14H18ClN3/c1-10(18(2)11-6-7-11)9-17-14-5-3-4-13(15)12(14)8-16/h3-5,10-11,17H,6-7,9H2,1-2H3. The smallest absolute Gasteiger partial charge is 0.103 e. The molecule has 1 aliphatic rings. The van der Waals surface area contributed by atoms with Crippen LogP contribution in [0.4, 0.5) is 5.69 Å². The summed E-state index contributed by atoms with van der Waals surface area (Å²) in [6.07, 6.45) is 2.61. The first-order valence-corrected chi connectivity index (χ1v) is 6.65. The SMILES string of the molecule is CC(CNc1cccc(Cl)c1C#N)N(C)C1CC1. The first-order valence-electron chi connectivity index (χ1n) is 6.28. The van der Waals surface area contributed by atoms with Gasteiger partial charge in [0.15, 0.2) is 0 Å². The topological polar surface area (TPSA) is 39.1 Å². The molecule has 1 N–H and O–H groups in total. The number of hydrogen-bond acceptors (Lipinski definition) is 3. The van der Waals surface area contributed by atoms with E-state index >= 15 is 0 Å². The van der Waals surface area contributed by atoms with Crippen molar-refractivity contribution in [2.45, 2.75) is 31.8 Å². The van der Waals surface area contributed by atoms with Crippen molar-refractivity contribution in [3.05, 3.63) is 28.8 Å². The highest BCUT2D eigenvalue weighted by Crippen LogP contribution is 2.27. The van der Waals surface area contributed by atoms with Gasteiger partial charge >= 0.3 is 0 Å². The molecular weight excluding hydrogens is 246 g/mol. The van der Waals surface area contributed by atoms with Gasteiger partial charge in [-0.3, -0.25) is 4.90 Å². The highest BCUT2D eigenvalue weighted by molar-refractivity contribution is 6.32. The van der Waals surface area contributed by atoms with Gasteiger partial charge < -0.3 is 5.32 Å². The van der Waals surface area contributed by atoms with Gasteiger partial charge in [-0.15, -0.1) is 0 Å². The normalized spacial score (nSPS) is 16.4. The van der Waals surface area contributed by atoms with Gasteiger partial charge in [0.2, 0.25) is 0 Å². The summed E-state index contributed by atoms with van der Waals surface area (Å²) in [5, 5.41) is 12.9. The molecule has 1 aromatic carbocycles. The number of anilines is 1. The Labute approximate surface area is 113 Å². The second-order valence-electron chi connectivity index (χ2n) is 4.90. The maximum absolute atomic E-state index is 9.09. The molecule has 0 radical (unpaired) electrons. The van der Waals surface area contributed by atoms with E-state index in [1.807, 2.05) is 12.1 Å². The van der Waals surface area contributed by atoms with Crippen LogP contribution in [0, 0.1) is 11.3 Å². The third-order valence-electron chi connectivity index (χ3n) is 3.53. The number of halogens is 1. The molecule has 0 amide bonds. The Morgan fingerprint density at radius 2 is 2.28 bits per heavy atom. The number of hydrogen-bond donors (Lipinski definition) is 1. The van der Waals surface area contributed by atoms with Crippen LogP contribution in [-0.2, 0) is 0 Å². The van der Waals surface area contributed by atoms with Gasteiger partial charge in [0.25, 0.3) is 0 Å². The molecule has 1 saturated carbocycles. The Morgan fingerprint density at radius 3 is 2.89 bits per heavy atom. The lowest BCUT2D eigenvalue weighted by Crippen LogP contribution is -2.36. The maximum atomic E-state index is 9.09. The fraction of sp³-hybridized carbons (Fsp3) is 0.500. The van der Waals surface area contributed by atoms with E-state index < -0.39 is 0 Å². The van der Waals surface area contributed by atoms with E-state index in [9.17, 15) is 0 Å². The van der Waals surface area contributed by atoms with E-state index in [1.165, 1.54) is 12.8 Å². The van der Waals surface area contributed by atoms with Gasteiger partial charge in [0.05, 0.1) is 16.3 Å². The predicted octanol–water partition coefficient (Wildman–Crippen LogP) is 3.11. The molecule has 0 aliphatic heterocycles. The fourth-order valence-corrected chi connectivity index (χ4v) is 2.25. The number of nitriles is 1. The van der Waals surface area contributed by atoms with Gasteiger partial charge in [-0.25, -0.2) is 0 Å². The van der Waals surface area contributed by atoms with E-state index in [4.69, 9.17) is 16.9 Å². The lowest BCUT2D eigenvalue weighted by molar-refractivity contribution is 0.257. The van der Waals surface area contributed by atoms with Gasteiger partial charge in [-0.2, -0.15) is 5.26 Å². The van der Waals surface area contributed by atoms with Crippen LogP contribution in [0.2, 0.25) is 5.02 Å². The summed E-state index contributed by atoms with van der Waals surface area (Å²) in [6.45, 7) is 3.02. The zero-order chi connectivity index (χ0) is 13.1. The van der Waals surface area contributed by atoms with Crippen molar-refractivity contribution in [1.82, 2.24) is 4.90 Å². The zero-order valence-corrected chi connectivity index (χ0v) is 11.5. The first kappa shape index (κ1) is 13.2. The highest BCUT2D eigenvalue weighted by Gasteiger charge is 2.28. The molecule has 1 atom stereocenters. The zero-order valence-electron chi connectivity index (χ0n) is 10.8. The average molecular weight is 264 g/mol. The minimum Gasteiger partial charge on any atom is -0.382 e. The number of nitrogens with zero attached hydrogens (tertiary/aromatic N) is 2. The summed E-state index contributed by atoms with van der Waals surface area (Å²) in [5.74, 6) is 0. The predicted molar refractivity (Wildman–Crippen MR) is 74.9 cm³/mol. The van der Waals surface area contributed by atoms with Crippen molar-refractivity contribution in [1.29, 1.82) is 5.26 Å². The monoisotopic (exact) mass is 263 g/mol. The highest BCUT2D eigenvalue weighted by atomic mass is 35.5. The van der Waals surface area contributed by atoms with Crippen molar-refractivity contribution < 1.29 is 0 Å². The van der Waals surface area contributed by atoms with Crippen molar-refractivity contribution in [3.8, 4) is 6.07 Å². The van der Waals surface area contributed by atoms with Crippen LogP contribution >= 0.6 is 11.6 Å². The third kappa shape index (κ3) is 2.95. The van der Waals surface area contributed by atoms with Crippen molar-refractivity contribution in [2.75, 3.05) is 18.9 Å². The molecule has 0 saturated heterocycles. The molecule has 1 fully saturated rings. The van der Waals surface area contributed by atoms with Crippen LogP contribution in [0.25, 0.3) is 0 Å². The Kier molecular flexibility index (Phi) is 4.11. The summed E-state index contributed by atoms with van der Waals surface area (Å²) in [7, 11) is 2.16. The summed E-state index contributed by atoms with van der Waals surface area (Å²) < 4.78 is 0. The van der Waals surface area contributed by atoms with E-state index in [2.05, 4.69) is 30.3 Å². The molecule has 0 spiro atoms. The minimum atomic E-state index is 0.447.